The van der Waals surface area contributed by atoms with Crippen LogP contribution < -0.4 is 5.73 Å². The van der Waals surface area contributed by atoms with E-state index in [0.29, 0.717) is 5.92 Å². The van der Waals surface area contributed by atoms with Gasteiger partial charge in [-0.15, -0.1) is 0 Å². The average molecular weight is 203 g/mol. The molecule has 1 aromatic carbocycles. The Hall–Kier alpha value is -0.820. The van der Waals surface area contributed by atoms with Gasteiger partial charge in [0.15, 0.2) is 0 Å². The first-order chi connectivity index (χ1) is 7.00. The maximum Gasteiger partial charge on any atom is 0.0166 e. The quantitative estimate of drug-likeness (QED) is 0.745. The molecule has 0 saturated heterocycles. The van der Waals surface area contributed by atoms with E-state index in [-0.39, 0.29) is 5.54 Å². The molecule has 1 atom stereocenters. The summed E-state index contributed by atoms with van der Waals surface area (Å²) < 4.78 is 0. The smallest absolute Gasteiger partial charge is 0.0166 e. The summed E-state index contributed by atoms with van der Waals surface area (Å²) in [5.41, 5.74) is 10.7. The molecule has 0 heterocycles. The second-order valence-electron chi connectivity index (χ2n) is 5.41. The first-order valence-electron chi connectivity index (χ1n) is 5.87. The summed E-state index contributed by atoms with van der Waals surface area (Å²) in [5, 5.41) is 0. The SMILES string of the molecule is Cc1cccc2c1CCCC2C(C)(C)N. The number of rotatable bonds is 1. The Bertz CT molecular complexity index is 360. The van der Waals surface area contributed by atoms with Crippen LogP contribution in [0.25, 0.3) is 0 Å². The standard InChI is InChI=1S/C14H21N/c1-10-6-4-8-12-11(10)7-5-9-13(12)14(2,3)15/h4,6,8,13H,5,7,9,15H2,1-3H3. The van der Waals surface area contributed by atoms with Crippen LogP contribution in [0, 0.1) is 6.92 Å². The topological polar surface area (TPSA) is 26.0 Å². The molecular weight excluding hydrogens is 182 g/mol. The highest BCUT2D eigenvalue weighted by Crippen LogP contribution is 2.38. The fraction of sp³-hybridized carbons (Fsp3) is 0.571. The van der Waals surface area contributed by atoms with Gasteiger partial charge in [0.2, 0.25) is 0 Å². The Morgan fingerprint density at radius 1 is 1.33 bits per heavy atom. The predicted octanol–water partition coefficient (Wildman–Crippen LogP) is 3.15. The number of aryl methyl sites for hydroxylation is 1. The molecule has 0 spiro atoms. The summed E-state index contributed by atoms with van der Waals surface area (Å²) in [5.74, 6) is 0.529. The molecule has 0 amide bonds. The maximum atomic E-state index is 6.28. The van der Waals surface area contributed by atoms with Gasteiger partial charge in [-0.3, -0.25) is 0 Å². The van der Waals surface area contributed by atoms with E-state index in [4.69, 9.17) is 5.73 Å². The van der Waals surface area contributed by atoms with E-state index in [1.165, 1.54) is 30.4 Å². The van der Waals surface area contributed by atoms with Crippen LogP contribution in [0.1, 0.15) is 49.3 Å². The van der Waals surface area contributed by atoms with Crippen LogP contribution in [0.2, 0.25) is 0 Å². The van der Waals surface area contributed by atoms with Gasteiger partial charge >= 0.3 is 0 Å². The van der Waals surface area contributed by atoms with Gasteiger partial charge in [0, 0.05) is 11.5 Å². The van der Waals surface area contributed by atoms with Crippen molar-refractivity contribution in [1.29, 1.82) is 0 Å². The van der Waals surface area contributed by atoms with Crippen molar-refractivity contribution in [2.45, 2.75) is 51.5 Å². The molecule has 2 rings (SSSR count). The fourth-order valence-electron chi connectivity index (χ4n) is 2.80. The summed E-state index contributed by atoms with van der Waals surface area (Å²) in [4.78, 5) is 0. The van der Waals surface area contributed by atoms with Gasteiger partial charge in [0.05, 0.1) is 0 Å². The number of hydrogen-bond acceptors (Lipinski definition) is 1. The number of benzene rings is 1. The van der Waals surface area contributed by atoms with E-state index >= 15 is 0 Å². The van der Waals surface area contributed by atoms with E-state index in [2.05, 4.69) is 39.0 Å². The van der Waals surface area contributed by atoms with Gasteiger partial charge in [0.1, 0.15) is 0 Å². The molecule has 1 aliphatic carbocycles. The third-order valence-electron chi connectivity index (χ3n) is 3.64. The van der Waals surface area contributed by atoms with Crippen molar-refractivity contribution in [3.63, 3.8) is 0 Å². The van der Waals surface area contributed by atoms with Crippen LogP contribution in [-0.2, 0) is 6.42 Å². The summed E-state index contributed by atoms with van der Waals surface area (Å²) in [6, 6.07) is 6.64. The molecule has 82 valence electrons. The van der Waals surface area contributed by atoms with Gasteiger partial charge in [-0.05, 0) is 56.7 Å². The summed E-state index contributed by atoms with van der Waals surface area (Å²) in [6.45, 7) is 6.51. The minimum atomic E-state index is -0.0943. The Kier molecular flexibility index (Phi) is 2.59. The number of fused-ring (bicyclic) bond motifs is 1. The Labute approximate surface area is 92.7 Å². The number of hydrogen-bond donors (Lipinski definition) is 1. The van der Waals surface area contributed by atoms with Crippen LogP contribution in [-0.4, -0.2) is 5.54 Å². The van der Waals surface area contributed by atoms with E-state index < -0.39 is 0 Å². The van der Waals surface area contributed by atoms with Gasteiger partial charge in [0.25, 0.3) is 0 Å². The van der Waals surface area contributed by atoms with E-state index in [1.807, 2.05) is 0 Å². The average Bonchev–Trinajstić information content (AvgIpc) is 2.16. The third kappa shape index (κ3) is 1.93. The zero-order valence-electron chi connectivity index (χ0n) is 10.0. The molecule has 0 aromatic heterocycles. The van der Waals surface area contributed by atoms with Crippen molar-refractivity contribution in [3.8, 4) is 0 Å². The highest BCUT2D eigenvalue weighted by molar-refractivity contribution is 5.40. The Morgan fingerprint density at radius 3 is 2.73 bits per heavy atom. The molecule has 0 bridgehead atoms. The largest absolute Gasteiger partial charge is 0.325 e. The van der Waals surface area contributed by atoms with Gasteiger partial charge in [-0.25, -0.2) is 0 Å². The molecular formula is C14H21N. The minimum Gasteiger partial charge on any atom is -0.325 e. The highest BCUT2D eigenvalue weighted by atomic mass is 14.7. The lowest BCUT2D eigenvalue weighted by atomic mass is 9.72. The molecule has 15 heavy (non-hydrogen) atoms. The molecule has 0 radical (unpaired) electrons. The third-order valence-corrected chi connectivity index (χ3v) is 3.64. The van der Waals surface area contributed by atoms with Crippen LogP contribution in [0.4, 0.5) is 0 Å². The molecule has 0 aliphatic heterocycles. The first-order valence-corrected chi connectivity index (χ1v) is 5.87. The van der Waals surface area contributed by atoms with Crippen LogP contribution >= 0.6 is 0 Å². The lowest BCUT2D eigenvalue weighted by molar-refractivity contribution is 0.368. The molecule has 0 saturated carbocycles. The van der Waals surface area contributed by atoms with Crippen molar-refractivity contribution in [2.24, 2.45) is 5.73 Å². The van der Waals surface area contributed by atoms with E-state index in [0.717, 1.165) is 0 Å². The van der Waals surface area contributed by atoms with Crippen molar-refractivity contribution >= 4 is 0 Å². The van der Waals surface area contributed by atoms with Crippen molar-refractivity contribution in [3.05, 3.63) is 34.9 Å². The normalized spacial score (nSPS) is 21.2. The molecule has 0 fully saturated rings. The Morgan fingerprint density at radius 2 is 2.07 bits per heavy atom. The Balaban J connectivity index is 2.48. The summed E-state index contributed by atoms with van der Waals surface area (Å²) in [6.07, 6.45) is 3.75. The molecule has 1 aromatic rings. The zero-order chi connectivity index (χ0) is 11.1. The zero-order valence-corrected chi connectivity index (χ0v) is 10.0. The summed E-state index contributed by atoms with van der Waals surface area (Å²) in [7, 11) is 0. The monoisotopic (exact) mass is 203 g/mol. The second-order valence-corrected chi connectivity index (χ2v) is 5.41. The molecule has 2 N–H and O–H groups in total. The van der Waals surface area contributed by atoms with Gasteiger partial charge in [-0.1, -0.05) is 18.2 Å². The predicted molar refractivity (Wildman–Crippen MR) is 65.1 cm³/mol. The molecule has 1 nitrogen and oxygen atoms in total. The molecule has 1 heteroatoms. The van der Waals surface area contributed by atoms with E-state index in [9.17, 15) is 0 Å². The highest BCUT2D eigenvalue weighted by Gasteiger charge is 2.30. The van der Waals surface area contributed by atoms with Crippen molar-refractivity contribution in [1.82, 2.24) is 0 Å². The second kappa shape index (κ2) is 3.64. The molecule has 1 aliphatic rings. The van der Waals surface area contributed by atoms with Crippen LogP contribution in [0.15, 0.2) is 18.2 Å². The first kappa shape index (κ1) is 10.7. The lowest BCUT2D eigenvalue weighted by Gasteiger charge is -2.36. The van der Waals surface area contributed by atoms with Crippen molar-refractivity contribution < 1.29 is 0 Å². The van der Waals surface area contributed by atoms with Crippen LogP contribution in [0.3, 0.4) is 0 Å². The maximum absolute atomic E-state index is 6.28. The van der Waals surface area contributed by atoms with Crippen molar-refractivity contribution in [2.75, 3.05) is 0 Å². The fourth-order valence-corrected chi connectivity index (χ4v) is 2.80. The van der Waals surface area contributed by atoms with E-state index in [1.54, 1.807) is 5.56 Å². The van der Waals surface area contributed by atoms with Crippen LogP contribution in [0.5, 0.6) is 0 Å². The van der Waals surface area contributed by atoms with Gasteiger partial charge in [-0.2, -0.15) is 0 Å². The minimum absolute atomic E-state index is 0.0943. The summed E-state index contributed by atoms with van der Waals surface area (Å²) >= 11 is 0. The lowest BCUT2D eigenvalue weighted by Crippen LogP contribution is -2.40. The number of nitrogens with two attached hydrogens (primary N) is 1. The van der Waals surface area contributed by atoms with Gasteiger partial charge < -0.3 is 5.73 Å². The molecule has 1 unspecified atom stereocenters.